The standard InChI is InChI=1S/C13H16F3N3O5S/c14-13(15,16)25(23,24)10-1-2-11(12(9-10)19(21)22)18-5-3-17(4-6-18)7-8-20/h1-2,9,20H,3-8H2/p+1. The molecular formula is C13H17F3N3O5S+. The Hall–Kier alpha value is -1.92. The van der Waals surface area contributed by atoms with E-state index in [1.807, 2.05) is 0 Å². The van der Waals surface area contributed by atoms with Gasteiger partial charge in [-0.1, -0.05) is 0 Å². The maximum absolute atomic E-state index is 12.6. The predicted octanol–water partition coefficient (Wildman–Crippen LogP) is -0.415. The molecular weight excluding hydrogens is 367 g/mol. The number of hydrogen-bond donors (Lipinski definition) is 2. The van der Waals surface area contributed by atoms with E-state index in [2.05, 4.69) is 0 Å². The zero-order valence-electron chi connectivity index (χ0n) is 13.0. The summed E-state index contributed by atoms with van der Waals surface area (Å²) >= 11 is 0. The van der Waals surface area contributed by atoms with Gasteiger partial charge in [0.05, 0.1) is 42.6 Å². The number of sulfone groups is 1. The number of halogens is 3. The average Bonchev–Trinajstić information content (AvgIpc) is 2.54. The van der Waals surface area contributed by atoms with Crippen LogP contribution in [0.5, 0.6) is 0 Å². The molecule has 1 aromatic carbocycles. The van der Waals surface area contributed by atoms with Crippen LogP contribution in [-0.2, 0) is 9.84 Å². The van der Waals surface area contributed by atoms with Gasteiger partial charge in [-0.2, -0.15) is 13.2 Å². The highest BCUT2D eigenvalue weighted by atomic mass is 32.2. The summed E-state index contributed by atoms with van der Waals surface area (Å²) < 4.78 is 60.8. The molecule has 25 heavy (non-hydrogen) atoms. The third-order valence-corrected chi connectivity index (χ3v) is 5.52. The van der Waals surface area contributed by atoms with Gasteiger partial charge in [0.1, 0.15) is 12.2 Å². The molecule has 8 nitrogen and oxygen atoms in total. The van der Waals surface area contributed by atoms with Crippen molar-refractivity contribution < 1.29 is 36.5 Å². The predicted molar refractivity (Wildman–Crippen MR) is 81.2 cm³/mol. The van der Waals surface area contributed by atoms with E-state index in [0.717, 1.165) is 17.0 Å². The van der Waals surface area contributed by atoms with Crippen molar-refractivity contribution in [2.75, 3.05) is 44.2 Å². The van der Waals surface area contributed by atoms with Crippen molar-refractivity contribution in [3.63, 3.8) is 0 Å². The Labute approximate surface area is 141 Å². The Morgan fingerprint density at radius 3 is 2.36 bits per heavy atom. The van der Waals surface area contributed by atoms with E-state index < -0.39 is 30.9 Å². The fourth-order valence-corrected chi connectivity index (χ4v) is 3.47. The minimum Gasteiger partial charge on any atom is -0.391 e. The summed E-state index contributed by atoms with van der Waals surface area (Å²) in [4.78, 5) is 11.9. The van der Waals surface area contributed by atoms with Crippen molar-refractivity contribution in [1.29, 1.82) is 0 Å². The lowest BCUT2D eigenvalue weighted by Crippen LogP contribution is -3.15. The van der Waals surface area contributed by atoms with Crippen LogP contribution in [0.1, 0.15) is 0 Å². The van der Waals surface area contributed by atoms with Gasteiger partial charge >= 0.3 is 5.51 Å². The van der Waals surface area contributed by atoms with Gasteiger partial charge in [0.25, 0.3) is 15.5 Å². The lowest BCUT2D eigenvalue weighted by Gasteiger charge is -2.33. The van der Waals surface area contributed by atoms with Crippen molar-refractivity contribution in [3.8, 4) is 0 Å². The molecule has 0 amide bonds. The van der Waals surface area contributed by atoms with Crippen LogP contribution in [0.3, 0.4) is 0 Å². The Kier molecular flexibility index (Phi) is 5.54. The number of piperazine rings is 1. The second-order valence-electron chi connectivity index (χ2n) is 5.57. The largest absolute Gasteiger partial charge is 0.501 e. The van der Waals surface area contributed by atoms with E-state index in [1.165, 1.54) is 0 Å². The first-order valence-electron chi connectivity index (χ1n) is 7.37. The van der Waals surface area contributed by atoms with Crippen LogP contribution in [0, 0.1) is 10.1 Å². The zero-order chi connectivity index (χ0) is 18.8. The summed E-state index contributed by atoms with van der Waals surface area (Å²) in [6.07, 6.45) is 0. The molecule has 0 unspecified atom stereocenters. The zero-order valence-corrected chi connectivity index (χ0v) is 13.8. The maximum atomic E-state index is 12.6. The molecule has 0 spiro atoms. The van der Waals surface area contributed by atoms with Crippen LogP contribution in [-0.4, -0.2) is 63.3 Å². The number of nitro groups is 1. The Bertz CT molecular complexity index is 746. The summed E-state index contributed by atoms with van der Waals surface area (Å²) in [5.41, 5.74) is -6.13. The number of hydrogen-bond acceptors (Lipinski definition) is 6. The molecule has 1 aliphatic rings. The van der Waals surface area contributed by atoms with Gasteiger partial charge in [0, 0.05) is 6.07 Å². The summed E-state index contributed by atoms with van der Waals surface area (Å²) in [5, 5.41) is 20.1. The van der Waals surface area contributed by atoms with Crippen molar-refractivity contribution in [3.05, 3.63) is 28.3 Å². The van der Waals surface area contributed by atoms with Gasteiger partial charge in [0.15, 0.2) is 0 Å². The number of rotatable bonds is 5. The third-order valence-electron chi connectivity index (χ3n) is 4.04. The topological polar surface area (TPSA) is 105 Å². The van der Waals surface area contributed by atoms with Crippen LogP contribution in [0.4, 0.5) is 24.5 Å². The molecule has 1 aliphatic heterocycles. The summed E-state index contributed by atoms with van der Waals surface area (Å²) in [6, 6.07) is 2.22. The molecule has 1 saturated heterocycles. The molecule has 0 radical (unpaired) electrons. The molecule has 0 saturated carbocycles. The molecule has 140 valence electrons. The lowest BCUT2D eigenvalue weighted by molar-refractivity contribution is -0.900. The number of quaternary nitrogens is 1. The van der Waals surface area contributed by atoms with Gasteiger partial charge in [-0.15, -0.1) is 0 Å². The van der Waals surface area contributed by atoms with Crippen LogP contribution in [0.15, 0.2) is 23.1 Å². The fraction of sp³-hybridized carbons (Fsp3) is 0.538. The van der Waals surface area contributed by atoms with Crippen molar-refractivity contribution >= 4 is 21.2 Å². The van der Waals surface area contributed by atoms with E-state index >= 15 is 0 Å². The van der Waals surface area contributed by atoms with E-state index in [1.54, 1.807) is 4.90 Å². The molecule has 1 aromatic rings. The van der Waals surface area contributed by atoms with Gasteiger partial charge in [-0.25, -0.2) is 8.42 Å². The highest BCUT2D eigenvalue weighted by Gasteiger charge is 2.47. The van der Waals surface area contributed by atoms with E-state index in [9.17, 15) is 31.7 Å². The van der Waals surface area contributed by atoms with E-state index in [0.29, 0.717) is 38.8 Å². The van der Waals surface area contributed by atoms with Gasteiger partial charge in [-0.3, -0.25) is 10.1 Å². The number of nitrogens with zero attached hydrogens (tertiary/aromatic N) is 2. The Morgan fingerprint density at radius 1 is 1.28 bits per heavy atom. The molecule has 0 bridgehead atoms. The second kappa shape index (κ2) is 7.14. The minimum atomic E-state index is -5.65. The smallest absolute Gasteiger partial charge is 0.391 e. The first-order valence-corrected chi connectivity index (χ1v) is 8.85. The minimum absolute atomic E-state index is 0.0134. The van der Waals surface area contributed by atoms with Crippen LogP contribution < -0.4 is 9.80 Å². The van der Waals surface area contributed by atoms with E-state index in [-0.39, 0.29) is 12.3 Å². The van der Waals surface area contributed by atoms with Crippen molar-refractivity contribution in [1.82, 2.24) is 0 Å². The molecule has 0 atom stereocenters. The molecule has 0 aromatic heterocycles. The summed E-state index contributed by atoms with van der Waals surface area (Å²) in [6.45, 7) is 2.56. The average molecular weight is 384 g/mol. The Morgan fingerprint density at radius 2 is 1.88 bits per heavy atom. The normalized spacial score (nSPS) is 16.9. The third kappa shape index (κ3) is 4.02. The fourth-order valence-electron chi connectivity index (χ4n) is 2.69. The highest BCUT2D eigenvalue weighted by Crippen LogP contribution is 2.36. The maximum Gasteiger partial charge on any atom is 0.501 e. The number of aliphatic hydroxyl groups excluding tert-OH is 1. The van der Waals surface area contributed by atoms with Gasteiger partial charge in [-0.05, 0) is 12.1 Å². The van der Waals surface area contributed by atoms with Crippen LogP contribution in [0.25, 0.3) is 0 Å². The van der Waals surface area contributed by atoms with Crippen molar-refractivity contribution in [2.45, 2.75) is 10.4 Å². The highest BCUT2D eigenvalue weighted by molar-refractivity contribution is 7.92. The first kappa shape index (κ1) is 19.4. The number of benzene rings is 1. The lowest BCUT2D eigenvalue weighted by atomic mass is 10.2. The number of nitrogens with one attached hydrogen (secondary N) is 1. The number of nitro benzene ring substituents is 1. The number of alkyl halides is 3. The Balaban J connectivity index is 2.34. The molecule has 2 rings (SSSR count). The van der Waals surface area contributed by atoms with Gasteiger partial charge in [0.2, 0.25) is 0 Å². The summed E-state index contributed by atoms with van der Waals surface area (Å²) in [7, 11) is -5.65. The SMILES string of the molecule is O=[N+]([O-])c1cc(S(=O)(=O)C(F)(F)F)ccc1N1CC[NH+](CCO)CC1. The molecule has 1 heterocycles. The molecule has 1 fully saturated rings. The first-order chi connectivity index (χ1) is 11.6. The van der Waals surface area contributed by atoms with E-state index in [4.69, 9.17) is 5.11 Å². The quantitative estimate of drug-likeness (QED) is 0.528. The monoisotopic (exact) mass is 384 g/mol. The molecule has 0 aliphatic carbocycles. The van der Waals surface area contributed by atoms with Crippen LogP contribution >= 0.6 is 0 Å². The van der Waals surface area contributed by atoms with Crippen molar-refractivity contribution in [2.24, 2.45) is 0 Å². The van der Waals surface area contributed by atoms with Gasteiger partial charge < -0.3 is 14.9 Å². The molecule has 2 N–H and O–H groups in total. The number of aliphatic hydroxyl groups is 1. The summed E-state index contributed by atoms with van der Waals surface area (Å²) in [5.74, 6) is 0. The van der Waals surface area contributed by atoms with Crippen LogP contribution in [0.2, 0.25) is 0 Å². The number of anilines is 1. The second-order valence-corrected chi connectivity index (χ2v) is 7.51. The molecule has 12 heteroatoms.